The van der Waals surface area contributed by atoms with Crippen molar-refractivity contribution in [1.29, 1.82) is 0 Å². The number of nitrogens with one attached hydrogen (secondary N) is 2. The molecule has 0 heterocycles. The fraction of sp³-hybridized carbons (Fsp3) is 0. The van der Waals surface area contributed by atoms with Crippen LogP contribution in [0.2, 0.25) is 5.02 Å². The van der Waals surface area contributed by atoms with E-state index < -0.39 is 16.7 Å². The van der Waals surface area contributed by atoms with Crippen molar-refractivity contribution in [2.45, 2.75) is 0 Å². The Hall–Kier alpha value is -3.28. The van der Waals surface area contributed by atoms with E-state index in [1.807, 2.05) is 0 Å². The van der Waals surface area contributed by atoms with Gasteiger partial charge in [-0.05, 0) is 67.8 Å². The van der Waals surface area contributed by atoms with Crippen LogP contribution in [0.25, 0.3) is 0 Å². The fourth-order valence-corrected chi connectivity index (χ4v) is 4.09. The van der Waals surface area contributed by atoms with Crippen LogP contribution in [0.4, 0.5) is 11.4 Å². The molecule has 0 atom stereocenters. The SMILES string of the molecule is O=C(Nc1ccccc1C(=O)N/N=C/c1cc(Br)c(O)c(Br)c1)c1cc([N+](=O)[O-])ccc1Cl. The molecule has 0 bridgehead atoms. The molecule has 9 nitrogen and oxygen atoms in total. The third kappa shape index (κ3) is 5.95. The van der Waals surface area contributed by atoms with E-state index in [1.54, 1.807) is 24.3 Å². The van der Waals surface area contributed by atoms with Gasteiger partial charge in [-0.25, -0.2) is 5.43 Å². The number of rotatable bonds is 6. The molecule has 3 aromatic carbocycles. The quantitative estimate of drug-likeness (QED) is 0.196. The van der Waals surface area contributed by atoms with Gasteiger partial charge in [0.25, 0.3) is 17.5 Å². The minimum atomic E-state index is -0.716. The summed E-state index contributed by atoms with van der Waals surface area (Å²) in [5.41, 5.74) is 2.82. The summed E-state index contributed by atoms with van der Waals surface area (Å²) in [5, 5.41) is 27.2. The van der Waals surface area contributed by atoms with Gasteiger partial charge in [0, 0.05) is 12.1 Å². The number of aromatic hydroxyl groups is 1. The molecule has 0 saturated carbocycles. The highest BCUT2D eigenvalue weighted by Gasteiger charge is 2.18. The van der Waals surface area contributed by atoms with Crippen molar-refractivity contribution in [2.24, 2.45) is 5.10 Å². The molecule has 33 heavy (non-hydrogen) atoms. The van der Waals surface area contributed by atoms with Gasteiger partial charge in [0.15, 0.2) is 0 Å². The third-order valence-electron chi connectivity index (χ3n) is 4.24. The van der Waals surface area contributed by atoms with E-state index in [2.05, 4.69) is 47.7 Å². The Morgan fingerprint density at radius 2 is 1.70 bits per heavy atom. The number of halogens is 3. The number of amides is 2. The maximum atomic E-state index is 12.7. The zero-order chi connectivity index (χ0) is 24.1. The summed E-state index contributed by atoms with van der Waals surface area (Å²) in [6.07, 6.45) is 1.37. The first-order valence-corrected chi connectivity index (χ1v) is 11.0. The van der Waals surface area contributed by atoms with Gasteiger partial charge in [0.1, 0.15) is 5.75 Å². The number of hydrogen-bond acceptors (Lipinski definition) is 6. The number of carbonyl (C=O) groups excluding carboxylic acids is 2. The predicted molar refractivity (Wildman–Crippen MR) is 131 cm³/mol. The Morgan fingerprint density at radius 1 is 1.03 bits per heavy atom. The average molecular weight is 597 g/mol. The number of para-hydroxylation sites is 1. The molecule has 0 aliphatic rings. The molecule has 12 heteroatoms. The molecule has 3 N–H and O–H groups in total. The molecule has 0 aromatic heterocycles. The molecule has 0 radical (unpaired) electrons. The zero-order valence-electron chi connectivity index (χ0n) is 16.4. The summed E-state index contributed by atoms with van der Waals surface area (Å²) in [6, 6.07) is 12.9. The number of benzene rings is 3. The molecule has 2 amide bonds. The van der Waals surface area contributed by atoms with Crippen molar-refractivity contribution in [1.82, 2.24) is 5.43 Å². The van der Waals surface area contributed by atoms with Gasteiger partial charge >= 0.3 is 0 Å². The zero-order valence-corrected chi connectivity index (χ0v) is 20.3. The number of carbonyl (C=O) groups is 2. The normalized spacial score (nSPS) is 10.8. The Balaban J connectivity index is 1.78. The smallest absolute Gasteiger partial charge is 0.273 e. The minimum absolute atomic E-state index is 0.0239. The second kappa shape index (κ2) is 10.6. The second-order valence-electron chi connectivity index (χ2n) is 6.45. The molecule has 0 aliphatic carbocycles. The molecule has 0 unspecified atom stereocenters. The number of hydrazone groups is 1. The monoisotopic (exact) mass is 594 g/mol. The van der Waals surface area contributed by atoms with Crippen molar-refractivity contribution in [3.63, 3.8) is 0 Å². The third-order valence-corrected chi connectivity index (χ3v) is 5.78. The van der Waals surface area contributed by atoms with Crippen LogP contribution in [0.3, 0.4) is 0 Å². The standard InChI is InChI=1S/C21H13Br2ClN4O5/c22-15-7-11(8-16(23)19(15)29)10-25-27-21(31)13-3-1-2-4-18(13)26-20(30)14-9-12(28(32)33)5-6-17(14)24/h1-10,29H,(H,26,30)(H,27,31)/b25-10+. The molecular weight excluding hydrogens is 584 g/mol. The molecule has 0 aliphatic heterocycles. The van der Waals surface area contributed by atoms with Gasteiger partial charge in [0.2, 0.25) is 0 Å². The van der Waals surface area contributed by atoms with E-state index in [9.17, 15) is 24.8 Å². The molecule has 0 spiro atoms. The number of hydrogen-bond donors (Lipinski definition) is 3. The van der Waals surface area contributed by atoms with Crippen LogP contribution >= 0.6 is 43.5 Å². The van der Waals surface area contributed by atoms with Crippen LogP contribution in [0.15, 0.2) is 68.6 Å². The topological polar surface area (TPSA) is 134 Å². The fourth-order valence-electron chi connectivity index (χ4n) is 2.67. The Kier molecular flexibility index (Phi) is 7.79. The Morgan fingerprint density at radius 3 is 2.36 bits per heavy atom. The summed E-state index contributed by atoms with van der Waals surface area (Å²) < 4.78 is 0.884. The number of nitro groups is 1. The van der Waals surface area contributed by atoms with Crippen LogP contribution < -0.4 is 10.7 Å². The highest BCUT2D eigenvalue weighted by atomic mass is 79.9. The van der Waals surface area contributed by atoms with Gasteiger partial charge in [0.05, 0.1) is 41.9 Å². The highest BCUT2D eigenvalue weighted by molar-refractivity contribution is 9.11. The summed E-state index contributed by atoms with van der Waals surface area (Å²) in [7, 11) is 0. The number of phenolic OH excluding ortho intramolecular Hbond substituents is 1. The van der Waals surface area contributed by atoms with Crippen molar-refractivity contribution >= 4 is 72.9 Å². The van der Waals surface area contributed by atoms with Crippen LogP contribution in [0.5, 0.6) is 5.75 Å². The summed E-state index contributed by atoms with van der Waals surface area (Å²) in [6.45, 7) is 0. The minimum Gasteiger partial charge on any atom is -0.506 e. The van der Waals surface area contributed by atoms with Gasteiger partial charge in [-0.2, -0.15) is 5.10 Å². The lowest BCUT2D eigenvalue weighted by atomic mass is 10.1. The molecule has 3 aromatic rings. The van der Waals surface area contributed by atoms with E-state index in [4.69, 9.17) is 11.6 Å². The second-order valence-corrected chi connectivity index (χ2v) is 8.57. The lowest BCUT2D eigenvalue weighted by molar-refractivity contribution is -0.384. The van der Waals surface area contributed by atoms with Gasteiger partial charge < -0.3 is 10.4 Å². The molecule has 3 rings (SSSR count). The molecule has 0 saturated heterocycles. The van der Waals surface area contributed by atoms with E-state index in [-0.39, 0.29) is 33.3 Å². The molecule has 0 fully saturated rings. The van der Waals surface area contributed by atoms with Crippen molar-refractivity contribution in [3.8, 4) is 5.75 Å². The van der Waals surface area contributed by atoms with Gasteiger partial charge in [-0.3, -0.25) is 19.7 Å². The lowest BCUT2D eigenvalue weighted by Crippen LogP contribution is -2.21. The van der Waals surface area contributed by atoms with Crippen LogP contribution in [0.1, 0.15) is 26.3 Å². The molecule has 168 valence electrons. The number of nitrogens with zero attached hydrogens (tertiary/aromatic N) is 2. The van der Waals surface area contributed by atoms with E-state index in [1.165, 1.54) is 30.5 Å². The largest absolute Gasteiger partial charge is 0.506 e. The first-order chi connectivity index (χ1) is 15.7. The highest BCUT2D eigenvalue weighted by Crippen LogP contribution is 2.32. The van der Waals surface area contributed by atoms with Crippen molar-refractivity contribution in [2.75, 3.05) is 5.32 Å². The van der Waals surface area contributed by atoms with E-state index >= 15 is 0 Å². The van der Waals surface area contributed by atoms with Gasteiger partial charge in [-0.15, -0.1) is 0 Å². The number of anilines is 1. The summed E-state index contributed by atoms with van der Waals surface area (Å²) in [5.74, 6) is -1.29. The van der Waals surface area contributed by atoms with Crippen LogP contribution in [0, 0.1) is 10.1 Å². The maximum Gasteiger partial charge on any atom is 0.273 e. The molecular formula is C21H13Br2ClN4O5. The van der Waals surface area contributed by atoms with Crippen LogP contribution in [-0.4, -0.2) is 28.1 Å². The lowest BCUT2D eigenvalue weighted by Gasteiger charge is -2.11. The number of nitro benzene ring substituents is 1. The first-order valence-electron chi connectivity index (χ1n) is 9.03. The summed E-state index contributed by atoms with van der Waals surface area (Å²) in [4.78, 5) is 35.6. The number of non-ortho nitro benzene ring substituents is 1. The van der Waals surface area contributed by atoms with Crippen molar-refractivity contribution in [3.05, 3.63) is 95.4 Å². The maximum absolute atomic E-state index is 12.7. The first kappa shape index (κ1) is 24.4. The Bertz CT molecular complexity index is 1280. The van der Waals surface area contributed by atoms with Crippen LogP contribution in [-0.2, 0) is 0 Å². The van der Waals surface area contributed by atoms with E-state index in [0.717, 1.165) is 6.07 Å². The van der Waals surface area contributed by atoms with Gasteiger partial charge in [-0.1, -0.05) is 23.7 Å². The number of phenols is 1. The predicted octanol–water partition coefficient (Wildman–Crippen LogP) is 5.50. The Labute approximate surface area is 208 Å². The average Bonchev–Trinajstić information content (AvgIpc) is 2.77. The summed E-state index contributed by atoms with van der Waals surface area (Å²) >= 11 is 12.4. The van der Waals surface area contributed by atoms with Crippen molar-refractivity contribution < 1.29 is 19.6 Å². The van der Waals surface area contributed by atoms with E-state index in [0.29, 0.717) is 14.5 Å².